The number of hydrogen-bond acceptors (Lipinski definition) is 4. The smallest absolute Gasteiger partial charge is 0.251 e. The lowest BCUT2D eigenvalue weighted by Gasteiger charge is -2.33. The highest BCUT2D eigenvalue weighted by molar-refractivity contribution is 5.81. The number of pyridine rings is 1. The summed E-state index contributed by atoms with van der Waals surface area (Å²) in [4.78, 5) is 29.8. The van der Waals surface area contributed by atoms with E-state index in [9.17, 15) is 9.59 Å². The molecule has 0 bridgehead atoms. The zero-order valence-electron chi connectivity index (χ0n) is 16.9. The monoisotopic (exact) mass is 385 g/mol. The Hall–Kier alpha value is -2.34. The molecule has 2 heterocycles. The molecule has 1 aromatic carbocycles. The Labute approximate surface area is 166 Å². The molecule has 2 aromatic rings. The molecule has 0 aliphatic carbocycles. The van der Waals surface area contributed by atoms with Crippen LogP contribution in [0.4, 0.5) is 0 Å². The fourth-order valence-electron chi connectivity index (χ4n) is 3.88. The number of rotatable bonds is 8. The number of fused-ring (bicyclic) bond motifs is 1. The van der Waals surface area contributed by atoms with E-state index in [4.69, 9.17) is 4.74 Å². The highest BCUT2D eigenvalue weighted by Crippen LogP contribution is 2.19. The van der Waals surface area contributed by atoms with E-state index in [0.717, 1.165) is 29.6 Å². The lowest BCUT2D eigenvalue weighted by atomic mass is 10.0. The van der Waals surface area contributed by atoms with Gasteiger partial charge in [-0.25, -0.2) is 0 Å². The maximum atomic E-state index is 12.2. The van der Waals surface area contributed by atoms with E-state index < -0.39 is 0 Å². The van der Waals surface area contributed by atoms with Crippen molar-refractivity contribution in [1.82, 2.24) is 15.2 Å². The first-order chi connectivity index (χ1) is 13.6. The molecule has 0 radical (unpaired) electrons. The van der Waals surface area contributed by atoms with E-state index in [-0.39, 0.29) is 11.5 Å². The summed E-state index contributed by atoms with van der Waals surface area (Å²) in [5.41, 5.74) is 1.26. The van der Waals surface area contributed by atoms with Gasteiger partial charge in [-0.15, -0.1) is 0 Å². The Kier molecular flexibility index (Phi) is 7.09. The Morgan fingerprint density at radius 1 is 1.32 bits per heavy atom. The predicted octanol–water partition coefficient (Wildman–Crippen LogP) is 2.85. The Bertz CT molecular complexity index is 862. The van der Waals surface area contributed by atoms with Gasteiger partial charge in [0.15, 0.2) is 0 Å². The number of likely N-dealkylation sites (tertiary alicyclic amines) is 1. The average Bonchev–Trinajstić information content (AvgIpc) is 2.70. The number of piperidine rings is 1. The first-order valence-electron chi connectivity index (χ1n) is 10.3. The summed E-state index contributed by atoms with van der Waals surface area (Å²) in [6, 6.07) is 8.03. The average molecular weight is 386 g/mol. The largest absolute Gasteiger partial charge is 0.497 e. The maximum absolute atomic E-state index is 12.2. The van der Waals surface area contributed by atoms with Crippen molar-refractivity contribution in [2.75, 3.05) is 26.7 Å². The molecule has 6 nitrogen and oxygen atoms in total. The van der Waals surface area contributed by atoms with Crippen LogP contribution in [0.2, 0.25) is 0 Å². The molecule has 28 heavy (non-hydrogen) atoms. The van der Waals surface area contributed by atoms with Crippen LogP contribution in [0.1, 0.15) is 44.6 Å². The van der Waals surface area contributed by atoms with Gasteiger partial charge in [0.25, 0.3) is 5.56 Å². The van der Waals surface area contributed by atoms with Crippen LogP contribution in [-0.2, 0) is 11.2 Å². The van der Waals surface area contributed by atoms with Gasteiger partial charge < -0.3 is 19.9 Å². The van der Waals surface area contributed by atoms with Crippen molar-refractivity contribution in [2.24, 2.45) is 0 Å². The predicted molar refractivity (Wildman–Crippen MR) is 112 cm³/mol. The first kappa shape index (κ1) is 20.4. The standard InChI is InChI=1S/C22H31N3O3/c1-16-6-3-4-12-25(16)13-5-11-23-21(26)10-7-17-14-18-15-19(28-2)8-9-20(18)24-22(17)27/h8-9,14-16H,3-7,10-13H2,1-2H3,(H,23,26)(H,24,27). The van der Waals surface area contributed by atoms with Crippen LogP contribution in [0, 0.1) is 0 Å². The van der Waals surface area contributed by atoms with Gasteiger partial charge in [0.2, 0.25) is 5.91 Å². The number of aryl methyl sites for hydroxylation is 1. The first-order valence-corrected chi connectivity index (χ1v) is 10.3. The van der Waals surface area contributed by atoms with Crippen LogP contribution < -0.4 is 15.6 Å². The van der Waals surface area contributed by atoms with Gasteiger partial charge in [0, 0.05) is 42.0 Å². The Balaban J connectivity index is 1.46. The van der Waals surface area contributed by atoms with Crippen molar-refractivity contribution in [3.05, 3.63) is 40.2 Å². The molecular formula is C22H31N3O3. The molecule has 1 unspecified atom stereocenters. The number of hydrogen-bond donors (Lipinski definition) is 2. The number of aromatic amines is 1. The third-order valence-corrected chi connectivity index (χ3v) is 5.63. The van der Waals surface area contributed by atoms with Gasteiger partial charge in [-0.2, -0.15) is 0 Å². The summed E-state index contributed by atoms with van der Waals surface area (Å²) in [6.45, 7) is 5.18. The topological polar surface area (TPSA) is 74.4 Å². The van der Waals surface area contributed by atoms with Gasteiger partial charge in [0.05, 0.1) is 7.11 Å². The van der Waals surface area contributed by atoms with Crippen LogP contribution in [0.25, 0.3) is 10.9 Å². The molecule has 1 fully saturated rings. The third kappa shape index (κ3) is 5.35. The lowest BCUT2D eigenvalue weighted by molar-refractivity contribution is -0.121. The number of nitrogens with one attached hydrogen (secondary N) is 2. The van der Waals surface area contributed by atoms with Crippen LogP contribution in [0.3, 0.4) is 0 Å². The van der Waals surface area contributed by atoms with Crippen molar-refractivity contribution < 1.29 is 9.53 Å². The molecule has 152 valence electrons. The lowest BCUT2D eigenvalue weighted by Crippen LogP contribution is -2.39. The highest BCUT2D eigenvalue weighted by Gasteiger charge is 2.17. The summed E-state index contributed by atoms with van der Waals surface area (Å²) in [5, 5.41) is 3.89. The van der Waals surface area contributed by atoms with E-state index >= 15 is 0 Å². The SMILES string of the molecule is COc1ccc2[nH]c(=O)c(CCC(=O)NCCCN3CCCCC3C)cc2c1. The second kappa shape index (κ2) is 9.73. The minimum Gasteiger partial charge on any atom is -0.497 e. The summed E-state index contributed by atoms with van der Waals surface area (Å²) >= 11 is 0. The molecule has 0 spiro atoms. The molecule has 1 atom stereocenters. The number of H-pyrrole nitrogens is 1. The van der Waals surface area contributed by atoms with Gasteiger partial charge in [-0.1, -0.05) is 6.42 Å². The van der Waals surface area contributed by atoms with Crippen LogP contribution >= 0.6 is 0 Å². The highest BCUT2D eigenvalue weighted by atomic mass is 16.5. The molecule has 1 aliphatic heterocycles. The number of amides is 1. The van der Waals surface area contributed by atoms with E-state index in [1.807, 2.05) is 24.3 Å². The van der Waals surface area contributed by atoms with Gasteiger partial charge in [-0.3, -0.25) is 9.59 Å². The Morgan fingerprint density at radius 3 is 2.96 bits per heavy atom. The van der Waals surface area contributed by atoms with E-state index in [0.29, 0.717) is 31.0 Å². The van der Waals surface area contributed by atoms with Gasteiger partial charge in [0.1, 0.15) is 5.75 Å². The van der Waals surface area contributed by atoms with E-state index in [1.165, 1.54) is 25.8 Å². The second-order valence-electron chi connectivity index (χ2n) is 7.66. The Morgan fingerprint density at radius 2 is 2.18 bits per heavy atom. The number of carbonyl (C=O) groups excluding carboxylic acids is 1. The van der Waals surface area contributed by atoms with Gasteiger partial charge >= 0.3 is 0 Å². The van der Waals surface area contributed by atoms with Crippen molar-refractivity contribution in [3.8, 4) is 5.75 Å². The zero-order valence-corrected chi connectivity index (χ0v) is 16.9. The normalized spacial score (nSPS) is 17.6. The zero-order chi connectivity index (χ0) is 19.9. The van der Waals surface area contributed by atoms with Crippen molar-refractivity contribution >= 4 is 16.8 Å². The summed E-state index contributed by atoms with van der Waals surface area (Å²) in [6.07, 6.45) is 5.60. The number of nitrogens with zero attached hydrogens (tertiary/aromatic N) is 1. The fourth-order valence-corrected chi connectivity index (χ4v) is 3.88. The summed E-state index contributed by atoms with van der Waals surface area (Å²) in [7, 11) is 1.62. The van der Waals surface area contributed by atoms with Crippen molar-refractivity contribution in [3.63, 3.8) is 0 Å². The number of ether oxygens (including phenoxy) is 1. The van der Waals surface area contributed by atoms with Crippen LogP contribution in [0.5, 0.6) is 5.75 Å². The molecule has 2 N–H and O–H groups in total. The number of benzene rings is 1. The summed E-state index contributed by atoms with van der Waals surface area (Å²) < 4.78 is 5.24. The fraction of sp³-hybridized carbons (Fsp3) is 0.545. The molecule has 1 amide bonds. The molecular weight excluding hydrogens is 354 g/mol. The van der Waals surface area contributed by atoms with E-state index in [2.05, 4.69) is 22.1 Å². The quantitative estimate of drug-likeness (QED) is 0.685. The molecule has 1 saturated heterocycles. The van der Waals surface area contributed by atoms with Crippen LogP contribution in [-0.4, -0.2) is 48.6 Å². The van der Waals surface area contributed by atoms with Crippen molar-refractivity contribution in [2.45, 2.75) is 51.5 Å². The van der Waals surface area contributed by atoms with Gasteiger partial charge in [-0.05, 0) is 63.4 Å². The number of methoxy groups -OCH3 is 1. The maximum Gasteiger partial charge on any atom is 0.251 e. The van der Waals surface area contributed by atoms with Crippen molar-refractivity contribution in [1.29, 1.82) is 0 Å². The number of aromatic nitrogens is 1. The van der Waals surface area contributed by atoms with E-state index in [1.54, 1.807) is 7.11 Å². The molecule has 3 rings (SSSR count). The van der Waals surface area contributed by atoms with Crippen LogP contribution in [0.15, 0.2) is 29.1 Å². The minimum atomic E-state index is -0.135. The molecule has 1 aromatic heterocycles. The third-order valence-electron chi connectivity index (χ3n) is 5.63. The molecule has 1 aliphatic rings. The minimum absolute atomic E-state index is 0.00293. The second-order valence-corrected chi connectivity index (χ2v) is 7.66. The number of carbonyl (C=O) groups is 1. The molecule has 0 saturated carbocycles. The summed E-state index contributed by atoms with van der Waals surface area (Å²) in [5.74, 6) is 0.739. The molecule has 6 heteroatoms.